The molecule has 8 nitrogen and oxygen atoms in total. The largest absolute Gasteiger partial charge is 0.357 e. The van der Waals surface area contributed by atoms with E-state index in [0.717, 1.165) is 6.42 Å². The molecule has 0 aliphatic carbocycles. The van der Waals surface area contributed by atoms with E-state index in [-0.39, 0.29) is 18.0 Å². The zero-order valence-corrected chi connectivity index (χ0v) is 14.4. The fourth-order valence-electron chi connectivity index (χ4n) is 2.93. The molecule has 0 radical (unpaired) electrons. The summed E-state index contributed by atoms with van der Waals surface area (Å²) in [6, 6.07) is 3.80. The highest BCUT2D eigenvalue weighted by Crippen LogP contribution is 2.09. The Kier molecular flexibility index (Phi) is 5.37. The Morgan fingerprint density at radius 2 is 2.04 bits per heavy atom. The average Bonchev–Trinajstić information content (AvgIpc) is 3.34. The molecule has 1 aliphatic rings. The van der Waals surface area contributed by atoms with E-state index in [1.54, 1.807) is 34.6 Å². The van der Waals surface area contributed by atoms with Crippen LogP contribution < -0.4 is 5.32 Å². The van der Waals surface area contributed by atoms with Crippen LogP contribution in [0.2, 0.25) is 0 Å². The van der Waals surface area contributed by atoms with Crippen LogP contribution in [0.3, 0.4) is 0 Å². The van der Waals surface area contributed by atoms with Gasteiger partial charge in [0, 0.05) is 57.4 Å². The molecule has 2 aromatic heterocycles. The number of amides is 3. The summed E-state index contributed by atoms with van der Waals surface area (Å²) in [5.41, 5.74) is 0.589. The second kappa shape index (κ2) is 7.87. The van der Waals surface area contributed by atoms with Gasteiger partial charge in [0.2, 0.25) is 0 Å². The van der Waals surface area contributed by atoms with E-state index in [1.807, 2.05) is 16.8 Å². The third kappa shape index (κ3) is 4.20. The molecule has 3 rings (SSSR count). The van der Waals surface area contributed by atoms with Gasteiger partial charge in [0.25, 0.3) is 5.91 Å². The highest BCUT2D eigenvalue weighted by atomic mass is 16.2. The number of urea groups is 1. The summed E-state index contributed by atoms with van der Waals surface area (Å²) in [7, 11) is 0. The van der Waals surface area contributed by atoms with E-state index in [9.17, 15) is 9.59 Å². The van der Waals surface area contributed by atoms with Crippen molar-refractivity contribution < 1.29 is 9.59 Å². The number of nitrogens with zero attached hydrogens (tertiary/aromatic N) is 4. The predicted octanol–water partition coefficient (Wildman–Crippen LogP) is 1.33. The first-order valence-electron chi connectivity index (χ1n) is 8.58. The van der Waals surface area contributed by atoms with Crippen molar-refractivity contribution in [2.75, 3.05) is 32.7 Å². The number of carbonyl (C=O) groups excluding carboxylic acids is 2. The summed E-state index contributed by atoms with van der Waals surface area (Å²) in [5, 5.41) is 2.96. The number of imidazole rings is 1. The maximum atomic E-state index is 12.3. The summed E-state index contributed by atoms with van der Waals surface area (Å²) in [4.78, 5) is 35.0. The van der Waals surface area contributed by atoms with Gasteiger partial charge >= 0.3 is 6.03 Å². The third-order valence-corrected chi connectivity index (χ3v) is 4.55. The van der Waals surface area contributed by atoms with E-state index >= 15 is 0 Å². The Morgan fingerprint density at radius 3 is 2.68 bits per heavy atom. The van der Waals surface area contributed by atoms with Gasteiger partial charge in [-0.15, -0.1) is 0 Å². The normalized spacial score (nSPS) is 15.9. The molecule has 2 N–H and O–H groups in total. The smallest absolute Gasteiger partial charge is 0.317 e. The van der Waals surface area contributed by atoms with Crippen molar-refractivity contribution in [3.63, 3.8) is 0 Å². The first-order chi connectivity index (χ1) is 12.1. The molecule has 25 heavy (non-hydrogen) atoms. The first-order valence-corrected chi connectivity index (χ1v) is 8.58. The van der Waals surface area contributed by atoms with Crippen molar-refractivity contribution in [3.05, 3.63) is 42.7 Å². The van der Waals surface area contributed by atoms with Crippen molar-refractivity contribution >= 4 is 11.9 Å². The molecule has 1 fully saturated rings. The Hall–Kier alpha value is -2.77. The third-order valence-electron chi connectivity index (χ3n) is 4.55. The summed E-state index contributed by atoms with van der Waals surface area (Å²) in [5.74, 6) is -0.0146. The number of rotatable bonds is 5. The molecular formula is C17H24N6O2. The van der Waals surface area contributed by atoms with Crippen molar-refractivity contribution in [1.29, 1.82) is 0 Å². The van der Waals surface area contributed by atoms with Crippen molar-refractivity contribution in [1.82, 2.24) is 29.7 Å². The van der Waals surface area contributed by atoms with Crippen LogP contribution in [0.1, 0.15) is 29.9 Å². The maximum Gasteiger partial charge on any atom is 0.317 e. The van der Waals surface area contributed by atoms with Crippen molar-refractivity contribution in [2.24, 2.45) is 0 Å². The van der Waals surface area contributed by atoms with E-state index in [4.69, 9.17) is 0 Å². The number of hydrogen-bond acceptors (Lipinski definition) is 3. The molecule has 3 amide bonds. The van der Waals surface area contributed by atoms with Crippen LogP contribution in [-0.4, -0.2) is 69.0 Å². The number of aromatic nitrogens is 3. The lowest BCUT2D eigenvalue weighted by Crippen LogP contribution is -2.53. The number of hydrogen-bond donors (Lipinski definition) is 2. The van der Waals surface area contributed by atoms with Crippen LogP contribution in [0.25, 0.3) is 0 Å². The average molecular weight is 344 g/mol. The molecule has 2 aromatic rings. The molecular weight excluding hydrogens is 320 g/mol. The van der Waals surface area contributed by atoms with Crippen LogP contribution in [0, 0.1) is 0 Å². The van der Waals surface area contributed by atoms with E-state index in [2.05, 4.69) is 22.2 Å². The Morgan fingerprint density at radius 1 is 1.28 bits per heavy atom. The number of H-pyrrole nitrogens is 1. The lowest BCUT2D eigenvalue weighted by Gasteiger charge is -2.34. The molecule has 0 bridgehead atoms. The Labute approximate surface area is 146 Å². The Balaban J connectivity index is 1.39. The van der Waals surface area contributed by atoms with Crippen LogP contribution in [0.4, 0.5) is 4.79 Å². The summed E-state index contributed by atoms with van der Waals surface area (Å²) in [6.07, 6.45) is 8.04. The van der Waals surface area contributed by atoms with Gasteiger partial charge in [-0.3, -0.25) is 4.79 Å². The van der Waals surface area contributed by atoms with Crippen LogP contribution in [0.5, 0.6) is 0 Å². The number of aromatic amines is 1. The standard InChI is InChI=1S/C17H24N6O2/c1-14(23-8-7-18-13-23)4-6-20-17(25)22-11-9-21(10-12-22)16(24)15-3-2-5-19-15/h2-3,5,7-8,13-14,19H,4,6,9-12H2,1H3,(H,20,25)/t14-/m0/s1. The maximum absolute atomic E-state index is 12.3. The van der Waals surface area contributed by atoms with Crippen LogP contribution in [-0.2, 0) is 0 Å². The molecule has 0 unspecified atom stereocenters. The number of nitrogens with one attached hydrogen (secondary N) is 2. The highest BCUT2D eigenvalue weighted by Gasteiger charge is 2.25. The lowest BCUT2D eigenvalue weighted by molar-refractivity contribution is 0.0660. The van der Waals surface area contributed by atoms with Gasteiger partial charge in [-0.1, -0.05) is 0 Å². The quantitative estimate of drug-likeness (QED) is 0.858. The zero-order valence-electron chi connectivity index (χ0n) is 14.4. The highest BCUT2D eigenvalue weighted by molar-refractivity contribution is 5.92. The Bertz CT molecular complexity index is 674. The van der Waals surface area contributed by atoms with Crippen molar-refractivity contribution in [2.45, 2.75) is 19.4 Å². The van der Waals surface area contributed by atoms with Crippen molar-refractivity contribution in [3.8, 4) is 0 Å². The molecule has 1 atom stereocenters. The molecule has 1 saturated heterocycles. The van der Waals surface area contributed by atoms with Gasteiger partial charge in [0.15, 0.2) is 0 Å². The minimum absolute atomic E-state index is 0.0146. The second-order valence-corrected chi connectivity index (χ2v) is 6.24. The van der Waals surface area contributed by atoms with Gasteiger partial charge in [0.05, 0.1) is 6.33 Å². The second-order valence-electron chi connectivity index (χ2n) is 6.24. The van der Waals surface area contributed by atoms with Gasteiger partial charge in [-0.05, 0) is 25.5 Å². The molecule has 0 saturated carbocycles. The predicted molar refractivity (Wildman–Crippen MR) is 93.2 cm³/mol. The zero-order chi connectivity index (χ0) is 17.6. The number of carbonyl (C=O) groups is 2. The van der Waals surface area contributed by atoms with E-state index in [0.29, 0.717) is 38.4 Å². The van der Waals surface area contributed by atoms with Gasteiger partial charge < -0.3 is 24.7 Å². The minimum Gasteiger partial charge on any atom is -0.357 e. The molecule has 1 aliphatic heterocycles. The first kappa shape index (κ1) is 17.1. The molecule has 0 aromatic carbocycles. The van der Waals surface area contributed by atoms with Crippen LogP contribution in [0.15, 0.2) is 37.1 Å². The molecule has 8 heteroatoms. The number of piperazine rings is 1. The lowest BCUT2D eigenvalue weighted by atomic mass is 10.2. The fourth-order valence-corrected chi connectivity index (χ4v) is 2.93. The van der Waals surface area contributed by atoms with Crippen LogP contribution >= 0.6 is 0 Å². The summed E-state index contributed by atoms with van der Waals surface area (Å²) >= 11 is 0. The van der Waals surface area contributed by atoms with Gasteiger partial charge in [-0.2, -0.15) is 0 Å². The molecule has 134 valence electrons. The molecule has 0 spiro atoms. The van der Waals surface area contributed by atoms with Gasteiger partial charge in [0.1, 0.15) is 5.69 Å². The minimum atomic E-state index is -0.0650. The van der Waals surface area contributed by atoms with E-state index < -0.39 is 0 Å². The molecule has 3 heterocycles. The van der Waals surface area contributed by atoms with Gasteiger partial charge in [-0.25, -0.2) is 9.78 Å². The fraction of sp³-hybridized carbons (Fsp3) is 0.471. The topological polar surface area (TPSA) is 86.3 Å². The SMILES string of the molecule is C[C@@H](CCNC(=O)N1CCN(C(=O)c2ccc[nH]2)CC1)n1ccnc1. The summed E-state index contributed by atoms with van der Waals surface area (Å²) < 4.78 is 2.02. The van der Waals surface area contributed by atoms with E-state index in [1.165, 1.54) is 0 Å². The summed E-state index contributed by atoms with van der Waals surface area (Å²) in [6.45, 7) is 4.91. The monoisotopic (exact) mass is 344 g/mol.